The molecule has 26 heavy (non-hydrogen) atoms. The molecule has 1 heterocycles. The van der Waals surface area contributed by atoms with E-state index in [2.05, 4.69) is 9.82 Å². The summed E-state index contributed by atoms with van der Waals surface area (Å²) >= 11 is 0. The highest BCUT2D eigenvalue weighted by Crippen LogP contribution is 2.25. The number of sulfonamides is 1. The topological polar surface area (TPSA) is 64.0 Å². The number of hydrogen-bond acceptors (Lipinski definition) is 3. The first kappa shape index (κ1) is 18.1. The molecule has 1 N–H and O–H groups in total. The van der Waals surface area contributed by atoms with E-state index in [0.717, 1.165) is 11.6 Å². The lowest BCUT2D eigenvalue weighted by molar-refractivity contribution is 0.570. The second-order valence-electron chi connectivity index (χ2n) is 5.87. The van der Waals surface area contributed by atoms with E-state index < -0.39 is 20.7 Å². The van der Waals surface area contributed by atoms with Gasteiger partial charge in [0, 0.05) is 0 Å². The molecule has 2 aromatic carbocycles. The maximum Gasteiger partial charge on any atom is 0.264 e. The molecule has 0 atom stereocenters. The average Bonchev–Trinajstić information content (AvgIpc) is 2.84. The van der Waals surface area contributed by atoms with Gasteiger partial charge in [-0.05, 0) is 43.7 Å². The minimum atomic E-state index is -4.08. The Kier molecular flexibility index (Phi) is 4.78. The molecule has 136 valence electrons. The molecule has 3 aromatic rings. The number of aromatic nitrogens is 2. The second-order valence-corrected chi connectivity index (χ2v) is 7.52. The zero-order valence-corrected chi connectivity index (χ0v) is 15.0. The van der Waals surface area contributed by atoms with Crippen LogP contribution in [0.1, 0.15) is 17.0 Å². The fraction of sp³-hybridized carbons (Fsp3) is 0.167. The van der Waals surface area contributed by atoms with Crippen LogP contribution in [0.15, 0.2) is 53.4 Å². The van der Waals surface area contributed by atoms with Crippen LogP contribution in [0.2, 0.25) is 0 Å². The smallest absolute Gasteiger partial charge is 0.264 e. The Morgan fingerprint density at radius 2 is 1.69 bits per heavy atom. The molecule has 8 heteroatoms. The zero-order valence-electron chi connectivity index (χ0n) is 14.2. The zero-order chi connectivity index (χ0) is 18.9. The Morgan fingerprint density at radius 1 is 1.04 bits per heavy atom. The lowest BCUT2D eigenvalue weighted by Crippen LogP contribution is -2.15. The summed E-state index contributed by atoms with van der Waals surface area (Å²) in [5.74, 6) is -1.16. The van der Waals surface area contributed by atoms with Gasteiger partial charge in [-0.25, -0.2) is 17.2 Å². The fourth-order valence-electron chi connectivity index (χ4n) is 2.61. The van der Waals surface area contributed by atoms with Crippen LogP contribution in [0.25, 0.3) is 0 Å². The Labute approximate surface area is 150 Å². The Bertz CT molecular complexity index is 1040. The van der Waals surface area contributed by atoms with Crippen molar-refractivity contribution < 1.29 is 17.2 Å². The number of benzene rings is 2. The van der Waals surface area contributed by atoms with E-state index in [9.17, 15) is 17.2 Å². The molecular formula is C18H17F2N3O2S. The van der Waals surface area contributed by atoms with Crippen LogP contribution < -0.4 is 4.72 Å². The largest absolute Gasteiger partial charge is 0.276 e. The minimum absolute atomic E-state index is 0.301. The van der Waals surface area contributed by atoms with E-state index in [0.29, 0.717) is 23.6 Å². The van der Waals surface area contributed by atoms with Crippen LogP contribution >= 0.6 is 0 Å². The molecule has 1 aromatic heterocycles. The first-order valence-corrected chi connectivity index (χ1v) is 9.32. The van der Waals surface area contributed by atoms with E-state index in [-0.39, 0.29) is 5.82 Å². The number of halogens is 2. The SMILES string of the molecule is Cc1nn(Cc2ccc(F)cc2)c(C)c1NS(=O)(=O)c1ccccc1F. The number of anilines is 1. The summed E-state index contributed by atoms with van der Waals surface area (Å²) in [6.07, 6.45) is 0. The van der Waals surface area contributed by atoms with Crippen LogP contribution in [-0.4, -0.2) is 18.2 Å². The highest BCUT2D eigenvalue weighted by molar-refractivity contribution is 7.92. The number of rotatable bonds is 5. The predicted molar refractivity (Wildman–Crippen MR) is 94.4 cm³/mol. The van der Waals surface area contributed by atoms with Crippen molar-refractivity contribution in [3.63, 3.8) is 0 Å². The quantitative estimate of drug-likeness (QED) is 0.739. The van der Waals surface area contributed by atoms with Gasteiger partial charge in [-0.1, -0.05) is 24.3 Å². The van der Waals surface area contributed by atoms with Gasteiger partial charge in [-0.3, -0.25) is 9.40 Å². The molecule has 0 unspecified atom stereocenters. The standard InChI is InChI=1S/C18H17F2N3O2S/c1-12-18(22-26(24,25)17-6-4-3-5-16(17)20)13(2)23(21-12)11-14-7-9-15(19)10-8-14/h3-10,22H,11H2,1-2H3. The average molecular weight is 377 g/mol. The Morgan fingerprint density at radius 3 is 2.35 bits per heavy atom. The third kappa shape index (κ3) is 3.60. The first-order chi connectivity index (χ1) is 12.3. The molecule has 0 saturated heterocycles. The van der Waals surface area contributed by atoms with Gasteiger partial charge in [-0.2, -0.15) is 5.10 Å². The van der Waals surface area contributed by atoms with Crippen molar-refractivity contribution in [2.75, 3.05) is 4.72 Å². The molecule has 5 nitrogen and oxygen atoms in total. The molecule has 3 rings (SSSR count). The van der Waals surface area contributed by atoms with E-state index in [1.54, 1.807) is 30.7 Å². The van der Waals surface area contributed by atoms with E-state index >= 15 is 0 Å². The van der Waals surface area contributed by atoms with Crippen LogP contribution in [0.3, 0.4) is 0 Å². The molecular weight excluding hydrogens is 360 g/mol. The van der Waals surface area contributed by atoms with Gasteiger partial charge in [0.1, 0.15) is 16.5 Å². The van der Waals surface area contributed by atoms with Crippen molar-refractivity contribution in [3.8, 4) is 0 Å². The summed E-state index contributed by atoms with van der Waals surface area (Å²) in [5.41, 5.74) is 2.16. The third-order valence-electron chi connectivity index (χ3n) is 3.99. The van der Waals surface area contributed by atoms with Crippen LogP contribution in [-0.2, 0) is 16.6 Å². The van der Waals surface area contributed by atoms with Crippen LogP contribution in [0.4, 0.5) is 14.5 Å². The number of nitrogens with one attached hydrogen (secondary N) is 1. The molecule has 0 aliphatic heterocycles. The molecule has 0 spiro atoms. The van der Waals surface area contributed by atoms with Crippen molar-refractivity contribution in [2.45, 2.75) is 25.3 Å². The molecule has 0 aliphatic rings. The maximum atomic E-state index is 13.8. The van der Waals surface area contributed by atoms with Crippen LogP contribution in [0, 0.1) is 25.5 Å². The van der Waals surface area contributed by atoms with E-state index in [4.69, 9.17) is 0 Å². The molecule has 0 amide bonds. The third-order valence-corrected chi connectivity index (χ3v) is 5.37. The summed E-state index contributed by atoms with van der Waals surface area (Å²) in [7, 11) is -4.08. The van der Waals surface area contributed by atoms with Gasteiger partial charge in [-0.15, -0.1) is 0 Å². The Balaban J connectivity index is 1.91. The predicted octanol–water partition coefficient (Wildman–Crippen LogP) is 3.63. The van der Waals surface area contributed by atoms with E-state index in [1.807, 2.05) is 0 Å². The summed E-state index contributed by atoms with van der Waals surface area (Å²) in [5, 5.41) is 4.33. The number of nitrogens with zero attached hydrogens (tertiary/aromatic N) is 2. The summed E-state index contributed by atoms with van der Waals surface area (Å²) < 4.78 is 55.9. The number of hydrogen-bond donors (Lipinski definition) is 1. The molecule has 0 fully saturated rings. The maximum absolute atomic E-state index is 13.8. The van der Waals surface area contributed by atoms with Crippen molar-refractivity contribution in [1.82, 2.24) is 9.78 Å². The molecule has 0 aliphatic carbocycles. The van der Waals surface area contributed by atoms with Gasteiger partial charge in [0.05, 0.1) is 23.6 Å². The van der Waals surface area contributed by atoms with Crippen molar-refractivity contribution in [3.05, 3.63) is 77.1 Å². The monoisotopic (exact) mass is 377 g/mol. The highest BCUT2D eigenvalue weighted by atomic mass is 32.2. The Hall–Kier alpha value is -2.74. The highest BCUT2D eigenvalue weighted by Gasteiger charge is 2.22. The minimum Gasteiger partial charge on any atom is -0.276 e. The summed E-state index contributed by atoms with van der Waals surface area (Å²) in [6.45, 7) is 3.73. The van der Waals surface area contributed by atoms with Gasteiger partial charge in [0.25, 0.3) is 10.0 Å². The summed E-state index contributed by atoms with van der Waals surface area (Å²) in [4.78, 5) is -0.426. The van der Waals surface area contributed by atoms with E-state index in [1.165, 1.54) is 30.3 Å². The summed E-state index contributed by atoms with van der Waals surface area (Å²) in [6, 6.07) is 11.1. The molecule has 0 bridgehead atoms. The van der Waals surface area contributed by atoms with Crippen molar-refractivity contribution >= 4 is 15.7 Å². The number of aryl methyl sites for hydroxylation is 1. The van der Waals surface area contributed by atoms with Crippen LogP contribution in [0.5, 0.6) is 0 Å². The van der Waals surface area contributed by atoms with Crippen molar-refractivity contribution in [2.24, 2.45) is 0 Å². The van der Waals surface area contributed by atoms with Gasteiger partial charge in [0.2, 0.25) is 0 Å². The van der Waals surface area contributed by atoms with Crippen molar-refractivity contribution in [1.29, 1.82) is 0 Å². The van der Waals surface area contributed by atoms with Gasteiger partial charge in [0.15, 0.2) is 0 Å². The lowest BCUT2D eigenvalue weighted by Gasteiger charge is -2.10. The molecule has 0 radical (unpaired) electrons. The first-order valence-electron chi connectivity index (χ1n) is 7.84. The second kappa shape index (κ2) is 6.87. The van der Waals surface area contributed by atoms with Gasteiger partial charge < -0.3 is 0 Å². The lowest BCUT2D eigenvalue weighted by atomic mass is 10.2. The fourth-order valence-corrected chi connectivity index (χ4v) is 3.87. The molecule has 0 saturated carbocycles. The van der Waals surface area contributed by atoms with Gasteiger partial charge >= 0.3 is 0 Å². The normalized spacial score (nSPS) is 11.5.